The fraction of sp³-hybridized carbons (Fsp3) is 0.784. The number of hydrogen-bond donors (Lipinski definition) is 1. The lowest BCUT2D eigenvalue weighted by Crippen LogP contribution is -2.17. The highest BCUT2D eigenvalue weighted by molar-refractivity contribution is 4.93. The lowest BCUT2D eigenvalue weighted by molar-refractivity contribution is 0.0378. The van der Waals surface area contributed by atoms with Crippen LogP contribution in [0.5, 0.6) is 0 Å². The van der Waals surface area contributed by atoms with Crippen molar-refractivity contribution < 1.29 is 4.84 Å². The highest BCUT2D eigenvalue weighted by Crippen LogP contribution is 2.16. The van der Waals surface area contributed by atoms with E-state index in [9.17, 15) is 0 Å². The monoisotopic (exact) mass is 544 g/mol. The van der Waals surface area contributed by atoms with E-state index in [-0.39, 0.29) is 6.10 Å². The highest BCUT2D eigenvalue weighted by Gasteiger charge is 2.07. The van der Waals surface area contributed by atoms with Crippen molar-refractivity contribution in [2.75, 3.05) is 0 Å². The standard InChI is InChI=1S/C37H69NO/c1-3-5-7-9-11-13-15-17-19-21-23-25-27-29-31-33-35-37(39-38)36-34-32-30-28-26-24-22-20-18-16-14-12-10-8-6-4-2/h11-14,17-20,37H,3-10,15-16,21-36,38H2,1-2H3/b13-11-,14-12-,19-17-,20-18-. The Kier molecular flexibility index (Phi) is 33.9. The molecule has 0 fully saturated rings. The maximum absolute atomic E-state index is 5.58. The van der Waals surface area contributed by atoms with Crippen LogP contribution in [0.3, 0.4) is 0 Å². The fourth-order valence-electron chi connectivity index (χ4n) is 5.00. The Morgan fingerprint density at radius 2 is 0.718 bits per heavy atom. The summed E-state index contributed by atoms with van der Waals surface area (Å²) in [6.07, 6.45) is 52.4. The van der Waals surface area contributed by atoms with Crippen molar-refractivity contribution in [2.45, 2.75) is 187 Å². The van der Waals surface area contributed by atoms with E-state index in [1.807, 2.05) is 0 Å². The van der Waals surface area contributed by atoms with Gasteiger partial charge < -0.3 is 4.84 Å². The molecule has 0 aliphatic heterocycles. The maximum Gasteiger partial charge on any atom is 0.0787 e. The van der Waals surface area contributed by atoms with E-state index in [0.29, 0.717) is 0 Å². The third kappa shape index (κ3) is 33.0. The summed E-state index contributed by atoms with van der Waals surface area (Å²) in [5.41, 5.74) is 0. The summed E-state index contributed by atoms with van der Waals surface area (Å²) < 4.78 is 0. The molecule has 0 aliphatic carbocycles. The van der Waals surface area contributed by atoms with Crippen LogP contribution in [0, 0.1) is 0 Å². The lowest BCUT2D eigenvalue weighted by atomic mass is 10.0. The first-order chi connectivity index (χ1) is 19.3. The number of unbranched alkanes of at least 4 members (excludes halogenated alkanes) is 18. The van der Waals surface area contributed by atoms with Crippen LogP contribution in [0.4, 0.5) is 0 Å². The summed E-state index contributed by atoms with van der Waals surface area (Å²) >= 11 is 0. The van der Waals surface area contributed by atoms with Crippen LogP contribution in [0.25, 0.3) is 0 Å². The Bertz CT molecular complexity index is 514. The lowest BCUT2D eigenvalue weighted by Gasteiger charge is -2.14. The molecule has 0 aliphatic rings. The molecule has 2 nitrogen and oxygen atoms in total. The normalized spacial score (nSPS) is 12.5. The highest BCUT2D eigenvalue weighted by atomic mass is 16.6. The van der Waals surface area contributed by atoms with Gasteiger partial charge in [-0.2, -0.15) is 0 Å². The van der Waals surface area contributed by atoms with Gasteiger partial charge in [-0.3, -0.25) is 0 Å². The fourth-order valence-corrected chi connectivity index (χ4v) is 5.00. The zero-order chi connectivity index (χ0) is 28.3. The van der Waals surface area contributed by atoms with Crippen molar-refractivity contribution in [3.63, 3.8) is 0 Å². The van der Waals surface area contributed by atoms with Crippen LogP contribution in [0.1, 0.15) is 181 Å². The summed E-state index contributed by atoms with van der Waals surface area (Å²) in [6.45, 7) is 4.53. The van der Waals surface area contributed by atoms with Gasteiger partial charge in [0.25, 0.3) is 0 Å². The van der Waals surface area contributed by atoms with Crippen molar-refractivity contribution in [3.8, 4) is 0 Å². The second-order valence-electron chi connectivity index (χ2n) is 11.5. The Hall–Kier alpha value is -1.12. The minimum Gasteiger partial charge on any atom is -0.301 e. The molecule has 0 aromatic rings. The second kappa shape index (κ2) is 34.9. The summed E-state index contributed by atoms with van der Waals surface area (Å²) in [5.74, 6) is 5.58. The number of hydrogen-bond acceptors (Lipinski definition) is 2. The molecule has 0 unspecified atom stereocenters. The van der Waals surface area contributed by atoms with Crippen molar-refractivity contribution in [3.05, 3.63) is 48.6 Å². The van der Waals surface area contributed by atoms with Gasteiger partial charge in [-0.05, 0) is 77.0 Å². The Morgan fingerprint density at radius 3 is 1.05 bits per heavy atom. The first-order valence-corrected chi connectivity index (χ1v) is 17.3. The Labute approximate surface area is 246 Å². The number of rotatable bonds is 31. The molecule has 2 N–H and O–H groups in total. The van der Waals surface area contributed by atoms with E-state index in [1.54, 1.807) is 0 Å². The van der Waals surface area contributed by atoms with Crippen LogP contribution < -0.4 is 5.90 Å². The first kappa shape index (κ1) is 37.9. The van der Waals surface area contributed by atoms with Crippen LogP contribution >= 0.6 is 0 Å². The average Bonchev–Trinajstić information content (AvgIpc) is 2.95. The molecule has 2 heteroatoms. The first-order valence-electron chi connectivity index (χ1n) is 17.3. The molecule has 0 rings (SSSR count). The zero-order valence-corrected chi connectivity index (χ0v) is 26.6. The summed E-state index contributed by atoms with van der Waals surface area (Å²) in [5, 5.41) is 0. The van der Waals surface area contributed by atoms with E-state index < -0.39 is 0 Å². The van der Waals surface area contributed by atoms with Crippen molar-refractivity contribution in [1.29, 1.82) is 0 Å². The minimum atomic E-state index is 0.265. The van der Waals surface area contributed by atoms with Gasteiger partial charge in [0.15, 0.2) is 0 Å². The molecule has 0 aromatic heterocycles. The van der Waals surface area contributed by atoms with Gasteiger partial charge in [-0.15, -0.1) is 0 Å². The van der Waals surface area contributed by atoms with Crippen LogP contribution in [0.15, 0.2) is 48.6 Å². The van der Waals surface area contributed by atoms with E-state index in [4.69, 9.17) is 10.7 Å². The van der Waals surface area contributed by atoms with E-state index in [1.165, 1.54) is 141 Å². The Balaban J connectivity index is 3.41. The number of nitrogens with two attached hydrogens (primary N) is 1. The predicted octanol–water partition coefficient (Wildman–Crippen LogP) is 12.7. The van der Waals surface area contributed by atoms with Crippen molar-refractivity contribution in [1.82, 2.24) is 0 Å². The van der Waals surface area contributed by atoms with E-state index >= 15 is 0 Å². The molecule has 228 valence electrons. The van der Waals surface area contributed by atoms with Gasteiger partial charge in [0.1, 0.15) is 0 Å². The molecule has 0 heterocycles. The SMILES string of the molecule is CCCCC/C=C\C/C=C\CCCCCCCCC(CCCCCCCC/C=C\C/C=C\CCCCC)ON. The summed E-state index contributed by atoms with van der Waals surface area (Å²) in [4.78, 5) is 5.27. The van der Waals surface area contributed by atoms with Crippen molar-refractivity contribution >= 4 is 0 Å². The molecule has 0 saturated heterocycles. The van der Waals surface area contributed by atoms with Gasteiger partial charge in [0.2, 0.25) is 0 Å². The van der Waals surface area contributed by atoms with Gasteiger partial charge in [0, 0.05) is 0 Å². The topological polar surface area (TPSA) is 35.2 Å². The second-order valence-corrected chi connectivity index (χ2v) is 11.5. The molecule has 39 heavy (non-hydrogen) atoms. The van der Waals surface area contributed by atoms with Crippen LogP contribution in [0.2, 0.25) is 0 Å². The van der Waals surface area contributed by atoms with E-state index in [0.717, 1.165) is 25.7 Å². The Morgan fingerprint density at radius 1 is 0.410 bits per heavy atom. The van der Waals surface area contributed by atoms with E-state index in [2.05, 4.69) is 62.5 Å². The molecule has 0 amide bonds. The molecule has 0 atom stereocenters. The predicted molar refractivity (Wildman–Crippen MR) is 177 cm³/mol. The molecule has 0 saturated carbocycles. The molecule has 0 aromatic carbocycles. The number of allylic oxidation sites excluding steroid dienone is 8. The van der Waals surface area contributed by atoms with Gasteiger partial charge in [-0.1, -0.05) is 152 Å². The largest absolute Gasteiger partial charge is 0.301 e. The molecule has 0 radical (unpaired) electrons. The van der Waals surface area contributed by atoms with Crippen LogP contribution in [-0.2, 0) is 4.84 Å². The van der Waals surface area contributed by atoms with Gasteiger partial charge in [-0.25, -0.2) is 5.90 Å². The minimum absolute atomic E-state index is 0.265. The van der Waals surface area contributed by atoms with Crippen LogP contribution in [-0.4, -0.2) is 6.10 Å². The molecular formula is C37H69NO. The molecule has 0 spiro atoms. The maximum atomic E-state index is 5.58. The molecule has 0 bridgehead atoms. The smallest absolute Gasteiger partial charge is 0.0787 e. The van der Waals surface area contributed by atoms with Gasteiger partial charge in [0.05, 0.1) is 6.10 Å². The molecular weight excluding hydrogens is 474 g/mol. The zero-order valence-electron chi connectivity index (χ0n) is 26.6. The quantitative estimate of drug-likeness (QED) is 0.0536. The summed E-state index contributed by atoms with van der Waals surface area (Å²) in [7, 11) is 0. The van der Waals surface area contributed by atoms with Crippen molar-refractivity contribution in [2.24, 2.45) is 5.90 Å². The van der Waals surface area contributed by atoms with Gasteiger partial charge >= 0.3 is 0 Å². The summed E-state index contributed by atoms with van der Waals surface area (Å²) in [6, 6.07) is 0. The third-order valence-electron chi connectivity index (χ3n) is 7.65. The third-order valence-corrected chi connectivity index (χ3v) is 7.65. The average molecular weight is 544 g/mol.